The lowest BCUT2D eigenvalue weighted by Gasteiger charge is -2.08. The molecule has 3 rings (SSSR count). The quantitative estimate of drug-likeness (QED) is 0.909. The van der Waals surface area contributed by atoms with Crippen LogP contribution in [0.15, 0.2) is 30.5 Å². The number of nitrogens with zero attached hydrogens (tertiary/aromatic N) is 2. The largest absolute Gasteiger partial charge is 0.376 e. The van der Waals surface area contributed by atoms with Crippen LogP contribution in [0.5, 0.6) is 0 Å². The van der Waals surface area contributed by atoms with Gasteiger partial charge in [-0.05, 0) is 24.1 Å². The summed E-state index contributed by atoms with van der Waals surface area (Å²) in [6.45, 7) is 1.99. The summed E-state index contributed by atoms with van der Waals surface area (Å²) in [4.78, 5) is 11.9. The van der Waals surface area contributed by atoms with Gasteiger partial charge in [0, 0.05) is 24.7 Å². The van der Waals surface area contributed by atoms with E-state index in [0.29, 0.717) is 26.2 Å². The second kappa shape index (κ2) is 6.70. The minimum absolute atomic E-state index is 0.0807. The van der Waals surface area contributed by atoms with E-state index in [2.05, 4.69) is 10.4 Å². The fourth-order valence-electron chi connectivity index (χ4n) is 2.47. The first-order chi connectivity index (χ1) is 10.7. The van der Waals surface area contributed by atoms with E-state index in [1.807, 2.05) is 6.20 Å². The van der Waals surface area contributed by atoms with Crippen molar-refractivity contribution in [1.29, 1.82) is 0 Å². The maximum atomic E-state index is 12.8. The smallest absolute Gasteiger partial charge is 0.241 e. The minimum atomic E-state index is -0.251. The van der Waals surface area contributed by atoms with Crippen LogP contribution in [0.2, 0.25) is 0 Å². The number of hydrogen-bond donors (Lipinski definition) is 1. The number of fused-ring (bicyclic) bond motifs is 1. The molecule has 0 aliphatic carbocycles. The molecule has 1 aliphatic rings. The molecule has 1 aromatic carbocycles. The van der Waals surface area contributed by atoms with Crippen molar-refractivity contribution in [2.24, 2.45) is 0 Å². The summed E-state index contributed by atoms with van der Waals surface area (Å²) in [6, 6.07) is 6.30. The van der Waals surface area contributed by atoms with Gasteiger partial charge in [0.2, 0.25) is 5.91 Å². The molecule has 1 amide bonds. The number of carbonyl (C=O) groups is 1. The predicted octanol–water partition coefficient (Wildman–Crippen LogP) is 1.45. The average Bonchev–Trinajstić information content (AvgIpc) is 2.91. The van der Waals surface area contributed by atoms with Gasteiger partial charge in [0.1, 0.15) is 12.4 Å². The molecule has 0 unspecified atom stereocenters. The lowest BCUT2D eigenvalue weighted by molar-refractivity contribution is -0.121. The topological polar surface area (TPSA) is 56.2 Å². The third-order valence-corrected chi connectivity index (χ3v) is 3.62. The fraction of sp³-hybridized carbons (Fsp3) is 0.375. The lowest BCUT2D eigenvalue weighted by atomic mass is 10.1. The number of hydrogen-bond acceptors (Lipinski definition) is 3. The van der Waals surface area contributed by atoms with Crippen molar-refractivity contribution in [3.63, 3.8) is 0 Å². The fourth-order valence-corrected chi connectivity index (χ4v) is 2.47. The van der Waals surface area contributed by atoms with Crippen molar-refractivity contribution >= 4 is 5.91 Å². The van der Waals surface area contributed by atoms with E-state index >= 15 is 0 Å². The monoisotopic (exact) mass is 303 g/mol. The van der Waals surface area contributed by atoms with Crippen LogP contribution in [-0.4, -0.2) is 28.8 Å². The molecular formula is C16H18FN3O2. The highest BCUT2D eigenvalue weighted by molar-refractivity contribution is 5.75. The number of nitrogens with one attached hydrogen (secondary N) is 1. The van der Waals surface area contributed by atoms with Gasteiger partial charge in [0.05, 0.1) is 18.9 Å². The first-order valence-electron chi connectivity index (χ1n) is 7.35. The van der Waals surface area contributed by atoms with E-state index in [0.717, 1.165) is 23.2 Å². The Kier molecular flexibility index (Phi) is 4.48. The number of halogens is 1. The highest BCUT2D eigenvalue weighted by atomic mass is 19.1. The molecule has 1 aromatic heterocycles. The summed E-state index contributed by atoms with van der Waals surface area (Å²) in [5, 5.41) is 7.25. The number of benzene rings is 1. The number of aromatic nitrogens is 2. The van der Waals surface area contributed by atoms with Gasteiger partial charge < -0.3 is 10.1 Å². The zero-order chi connectivity index (χ0) is 15.4. The highest BCUT2D eigenvalue weighted by Gasteiger charge is 2.14. The first-order valence-corrected chi connectivity index (χ1v) is 7.35. The van der Waals surface area contributed by atoms with Gasteiger partial charge in [-0.1, -0.05) is 12.1 Å². The Bertz CT molecular complexity index is 628. The van der Waals surface area contributed by atoms with Gasteiger partial charge in [0.25, 0.3) is 0 Å². The van der Waals surface area contributed by atoms with Crippen LogP contribution < -0.4 is 5.32 Å². The average molecular weight is 303 g/mol. The van der Waals surface area contributed by atoms with Crippen molar-refractivity contribution in [3.8, 4) is 0 Å². The van der Waals surface area contributed by atoms with Gasteiger partial charge in [-0.15, -0.1) is 0 Å². The van der Waals surface area contributed by atoms with Gasteiger partial charge in [0.15, 0.2) is 0 Å². The van der Waals surface area contributed by atoms with Gasteiger partial charge in [-0.2, -0.15) is 5.10 Å². The van der Waals surface area contributed by atoms with Gasteiger partial charge in [-0.3, -0.25) is 9.48 Å². The van der Waals surface area contributed by atoms with Gasteiger partial charge in [-0.25, -0.2) is 4.39 Å². The molecule has 0 atom stereocenters. The van der Waals surface area contributed by atoms with Crippen LogP contribution in [0.1, 0.15) is 16.8 Å². The molecule has 0 saturated carbocycles. The van der Waals surface area contributed by atoms with Crippen molar-refractivity contribution in [2.75, 3.05) is 13.2 Å². The molecule has 22 heavy (non-hydrogen) atoms. The van der Waals surface area contributed by atoms with E-state index in [9.17, 15) is 9.18 Å². The van der Waals surface area contributed by atoms with Crippen LogP contribution in [0.3, 0.4) is 0 Å². The number of carbonyl (C=O) groups excluding carboxylic acids is 1. The zero-order valence-corrected chi connectivity index (χ0v) is 12.2. The maximum absolute atomic E-state index is 12.8. The maximum Gasteiger partial charge on any atom is 0.241 e. The molecule has 0 radical (unpaired) electrons. The molecule has 0 fully saturated rings. The van der Waals surface area contributed by atoms with Crippen molar-refractivity contribution in [3.05, 3.63) is 53.1 Å². The molecule has 116 valence electrons. The SMILES string of the molecule is O=C(Cn1cc2c(n1)CCOC2)NCCc1ccc(F)cc1. The van der Waals surface area contributed by atoms with Crippen LogP contribution >= 0.6 is 0 Å². The van der Waals surface area contributed by atoms with E-state index in [-0.39, 0.29) is 18.3 Å². The third-order valence-electron chi connectivity index (χ3n) is 3.62. The molecule has 6 heteroatoms. The van der Waals surface area contributed by atoms with Crippen molar-refractivity contribution in [2.45, 2.75) is 26.0 Å². The van der Waals surface area contributed by atoms with E-state index in [1.54, 1.807) is 16.8 Å². The summed E-state index contributed by atoms with van der Waals surface area (Å²) in [5.41, 5.74) is 3.07. The Hall–Kier alpha value is -2.21. The summed E-state index contributed by atoms with van der Waals surface area (Å²) in [7, 11) is 0. The number of amides is 1. The molecule has 2 heterocycles. The van der Waals surface area contributed by atoms with Crippen LogP contribution in [-0.2, 0) is 35.5 Å². The second-order valence-electron chi connectivity index (χ2n) is 5.33. The first kappa shape index (κ1) is 14.7. The van der Waals surface area contributed by atoms with E-state index < -0.39 is 0 Å². The molecule has 5 nitrogen and oxygen atoms in total. The van der Waals surface area contributed by atoms with Crippen LogP contribution in [0, 0.1) is 5.82 Å². The number of ether oxygens (including phenoxy) is 1. The standard InChI is InChI=1S/C16H18FN3O2/c17-14-3-1-12(2-4-14)5-7-18-16(21)10-20-9-13-11-22-8-6-15(13)19-20/h1-4,9H,5-8,10-11H2,(H,18,21). The highest BCUT2D eigenvalue weighted by Crippen LogP contribution is 2.14. The summed E-state index contributed by atoms with van der Waals surface area (Å²) < 4.78 is 19.8. The Morgan fingerprint density at radius 1 is 1.36 bits per heavy atom. The Balaban J connectivity index is 1.46. The zero-order valence-electron chi connectivity index (χ0n) is 12.2. The minimum Gasteiger partial charge on any atom is -0.376 e. The van der Waals surface area contributed by atoms with E-state index in [1.165, 1.54) is 12.1 Å². The molecule has 2 aromatic rings. The normalized spacial score (nSPS) is 13.7. The second-order valence-corrected chi connectivity index (χ2v) is 5.33. The number of rotatable bonds is 5. The molecule has 1 aliphatic heterocycles. The Labute approximate surface area is 128 Å². The molecule has 0 spiro atoms. The molecule has 0 saturated heterocycles. The van der Waals surface area contributed by atoms with Crippen LogP contribution in [0.4, 0.5) is 4.39 Å². The summed E-state index contributed by atoms with van der Waals surface area (Å²) in [6.07, 6.45) is 3.35. The van der Waals surface area contributed by atoms with Crippen molar-refractivity contribution < 1.29 is 13.9 Å². The molecule has 0 bridgehead atoms. The van der Waals surface area contributed by atoms with Crippen LogP contribution in [0.25, 0.3) is 0 Å². The lowest BCUT2D eigenvalue weighted by Crippen LogP contribution is -2.29. The molecular weight excluding hydrogens is 285 g/mol. The third kappa shape index (κ3) is 3.71. The summed E-state index contributed by atoms with van der Waals surface area (Å²) >= 11 is 0. The Morgan fingerprint density at radius 3 is 2.95 bits per heavy atom. The van der Waals surface area contributed by atoms with E-state index in [4.69, 9.17) is 4.74 Å². The van der Waals surface area contributed by atoms with Gasteiger partial charge >= 0.3 is 0 Å². The van der Waals surface area contributed by atoms with Crippen molar-refractivity contribution in [1.82, 2.24) is 15.1 Å². The Morgan fingerprint density at radius 2 is 2.18 bits per heavy atom. The molecule has 1 N–H and O–H groups in total. The predicted molar refractivity (Wildman–Crippen MR) is 78.7 cm³/mol. The summed E-state index contributed by atoms with van der Waals surface area (Å²) in [5.74, 6) is -0.331.